The number of aromatic nitrogens is 1. The van der Waals surface area contributed by atoms with Gasteiger partial charge in [-0.05, 0) is 5.56 Å². The topological polar surface area (TPSA) is 54.7 Å². The number of nitrogens with zero attached hydrogens (tertiary/aromatic N) is 3. The minimum absolute atomic E-state index is 0.0213. The first-order chi connectivity index (χ1) is 10.6. The summed E-state index contributed by atoms with van der Waals surface area (Å²) in [5, 5.41) is 1.88. The molecule has 0 aliphatic carbocycles. The fraction of sp³-hybridized carbons (Fsp3) is 0.312. The van der Waals surface area contributed by atoms with Crippen molar-refractivity contribution in [2.75, 3.05) is 6.54 Å². The molecular weight excluding hydrogens is 298 g/mol. The van der Waals surface area contributed by atoms with Gasteiger partial charge < -0.3 is 9.47 Å². The lowest BCUT2D eigenvalue weighted by molar-refractivity contribution is -0.128. The monoisotopic (exact) mass is 315 g/mol. The van der Waals surface area contributed by atoms with Crippen molar-refractivity contribution in [1.82, 2.24) is 9.47 Å². The largest absolute Gasteiger partial charge is 0.338 e. The zero-order chi connectivity index (χ0) is 15.5. The number of amides is 2. The Labute approximate surface area is 132 Å². The van der Waals surface area contributed by atoms with Gasteiger partial charge in [0.25, 0.3) is 5.91 Å². The van der Waals surface area contributed by atoms with Gasteiger partial charge in [0.15, 0.2) is 4.80 Å². The van der Waals surface area contributed by atoms with E-state index in [1.54, 1.807) is 9.47 Å². The highest BCUT2D eigenvalue weighted by Crippen LogP contribution is 2.21. The quantitative estimate of drug-likeness (QED) is 0.863. The van der Waals surface area contributed by atoms with Crippen molar-refractivity contribution in [3.8, 4) is 0 Å². The van der Waals surface area contributed by atoms with Crippen LogP contribution in [0.4, 0.5) is 0 Å². The summed E-state index contributed by atoms with van der Waals surface area (Å²) in [6, 6.07) is 9.81. The highest BCUT2D eigenvalue weighted by molar-refractivity contribution is 7.07. The van der Waals surface area contributed by atoms with Crippen molar-refractivity contribution in [3.63, 3.8) is 0 Å². The highest BCUT2D eigenvalue weighted by Gasteiger charge is 2.34. The van der Waals surface area contributed by atoms with E-state index >= 15 is 0 Å². The molecule has 1 aromatic heterocycles. The molecule has 5 nitrogen and oxygen atoms in total. The zero-order valence-corrected chi connectivity index (χ0v) is 13.1. The number of hydrogen-bond acceptors (Lipinski definition) is 3. The van der Waals surface area contributed by atoms with Gasteiger partial charge in [0.05, 0.1) is 5.92 Å². The van der Waals surface area contributed by atoms with Crippen LogP contribution in [0.2, 0.25) is 0 Å². The third kappa shape index (κ3) is 3.17. The number of thiazole rings is 1. The second kappa shape index (κ2) is 6.27. The third-order valence-electron chi connectivity index (χ3n) is 3.75. The summed E-state index contributed by atoms with van der Waals surface area (Å²) >= 11 is 1.42. The van der Waals surface area contributed by atoms with Gasteiger partial charge in [-0.2, -0.15) is 4.99 Å². The van der Waals surface area contributed by atoms with Crippen molar-refractivity contribution in [2.45, 2.75) is 13.0 Å². The van der Waals surface area contributed by atoms with Crippen molar-refractivity contribution >= 4 is 23.2 Å². The van der Waals surface area contributed by atoms with E-state index in [9.17, 15) is 9.59 Å². The highest BCUT2D eigenvalue weighted by atomic mass is 32.1. The molecule has 3 rings (SSSR count). The number of hydrogen-bond donors (Lipinski definition) is 0. The van der Waals surface area contributed by atoms with Gasteiger partial charge in [-0.1, -0.05) is 30.3 Å². The summed E-state index contributed by atoms with van der Waals surface area (Å²) in [6.07, 6.45) is 2.11. The average molecular weight is 315 g/mol. The normalized spacial score (nSPS) is 19.0. The van der Waals surface area contributed by atoms with Crippen molar-refractivity contribution in [3.05, 3.63) is 52.3 Å². The maximum absolute atomic E-state index is 12.3. The Hall–Kier alpha value is -2.21. The van der Waals surface area contributed by atoms with E-state index < -0.39 is 0 Å². The van der Waals surface area contributed by atoms with E-state index in [0.29, 0.717) is 17.9 Å². The lowest BCUT2D eigenvalue weighted by atomic mass is 10.1. The van der Waals surface area contributed by atoms with Gasteiger partial charge in [-0.3, -0.25) is 9.59 Å². The number of likely N-dealkylation sites (tertiary alicyclic amines) is 1. The number of rotatable bonds is 3. The molecule has 6 heteroatoms. The summed E-state index contributed by atoms with van der Waals surface area (Å²) in [4.78, 5) is 30.9. The van der Waals surface area contributed by atoms with Crippen molar-refractivity contribution in [1.29, 1.82) is 0 Å². The number of carbonyl (C=O) groups is 2. The number of benzene rings is 1. The van der Waals surface area contributed by atoms with Crippen LogP contribution in [0, 0.1) is 5.92 Å². The molecule has 1 aromatic carbocycles. The molecule has 2 aromatic rings. The van der Waals surface area contributed by atoms with Crippen LogP contribution in [-0.4, -0.2) is 27.8 Å². The van der Waals surface area contributed by atoms with Gasteiger partial charge >= 0.3 is 0 Å². The Morgan fingerprint density at radius 1 is 1.36 bits per heavy atom. The maximum Gasteiger partial charge on any atom is 0.253 e. The molecule has 0 saturated carbocycles. The van der Waals surface area contributed by atoms with E-state index in [2.05, 4.69) is 4.99 Å². The molecule has 22 heavy (non-hydrogen) atoms. The minimum Gasteiger partial charge on any atom is -0.338 e. The molecule has 0 N–H and O–H groups in total. The van der Waals surface area contributed by atoms with E-state index in [-0.39, 0.29) is 24.2 Å². The molecule has 0 spiro atoms. The van der Waals surface area contributed by atoms with Gasteiger partial charge in [-0.25, -0.2) is 0 Å². The summed E-state index contributed by atoms with van der Waals surface area (Å²) in [7, 11) is 1.85. The molecule has 0 radical (unpaired) electrons. The van der Waals surface area contributed by atoms with E-state index in [0.717, 1.165) is 5.56 Å². The molecule has 2 heterocycles. The fourth-order valence-electron chi connectivity index (χ4n) is 2.51. The second-order valence-corrected chi connectivity index (χ2v) is 6.28. The summed E-state index contributed by atoms with van der Waals surface area (Å²) in [6.45, 7) is 1.00. The Balaban J connectivity index is 1.69. The van der Waals surface area contributed by atoms with Gasteiger partial charge in [0, 0.05) is 38.1 Å². The molecule has 1 saturated heterocycles. The van der Waals surface area contributed by atoms with Gasteiger partial charge in [0.2, 0.25) is 5.91 Å². The molecule has 2 amide bonds. The zero-order valence-electron chi connectivity index (χ0n) is 12.3. The summed E-state index contributed by atoms with van der Waals surface area (Å²) in [5.74, 6) is -0.520. The van der Waals surface area contributed by atoms with Crippen LogP contribution in [0.15, 0.2) is 46.9 Å². The smallest absolute Gasteiger partial charge is 0.253 e. The van der Waals surface area contributed by atoms with Crippen LogP contribution in [0.5, 0.6) is 0 Å². The van der Waals surface area contributed by atoms with E-state index in [4.69, 9.17) is 0 Å². The van der Waals surface area contributed by atoms with Crippen LogP contribution in [0.25, 0.3) is 0 Å². The first-order valence-corrected chi connectivity index (χ1v) is 8.02. The first kappa shape index (κ1) is 14.7. The van der Waals surface area contributed by atoms with Crippen LogP contribution in [0.3, 0.4) is 0 Å². The van der Waals surface area contributed by atoms with Crippen LogP contribution >= 0.6 is 11.3 Å². The summed E-state index contributed by atoms with van der Waals surface area (Å²) in [5.41, 5.74) is 1.07. The summed E-state index contributed by atoms with van der Waals surface area (Å²) < 4.78 is 1.81. The fourth-order valence-corrected chi connectivity index (χ4v) is 3.25. The number of carbonyl (C=O) groups excluding carboxylic acids is 2. The SMILES string of the molecule is Cn1ccsc1=NC(=O)C1CC(=O)N(Cc2ccccc2)C1. The molecular formula is C16H17N3O2S. The molecule has 1 unspecified atom stereocenters. The molecule has 1 fully saturated rings. The Bertz CT molecular complexity index is 748. The molecule has 1 aliphatic rings. The Morgan fingerprint density at radius 3 is 2.82 bits per heavy atom. The maximum atomic E-state index is 12.3. The standard InChI is InChI=1S/C16H17N3O2S/c1-18-7-8-22-16(18)17-15(21)13-9-14(20)19(11-13)10-12-5-3-2-4-6-12/h2-8,13H,9-11H2,1H3. The Morgan fingerprint density at radius 2 is 2.14 bits per heavy atom. The average Bonchev–Trinajstić information content (AvgIpc) is 3.07. The van der Waals surface area contributed by atoms with Crippen LogP contribution < -0.4 is 4.80 Å². The first-order valence-electron chi connectivity index (χ1n) is 7.14. The molecule has 1 atom stereocenters. The minimum atomic E-state index is -0.335. The van der Waals surface area contributed by atoms with Crippen LogP contribution in [-0.2, 0) is 23.2 Å². The lowest BCUT2D eigenvalue weighted by Gasteiger charge is -2.15. The van der Waals surface area contributed by atoms with Crippen molar-refractivity contribution in [2.24, 2.45) is 18.0 Å². The Kier molecular flexibility index (Phi) is 4.20. The van der Waals surface area contributed by atoms with Gasteiger partial charge in [0.1, 0.15) is 0 Å². The van der Waals surface area contributed by atoms with E-state index in [1.165, 1.54) is 11.3 Å². The predicted molar refractivity (Wildman–Crippen MR) is 83.8 cm³/mol. The van der Waals surface area contributed by atoms with E-state index in [1.807, 2.05) is 49.0 Å². The van der Waals surface area contributed by atoms with Crippen LogP contribution in [0.1, 0.15) is 12.0 Å². The van der Waals surface area contributed by atoms with Crippen molar-refractivity contribution < 1.29 is 9.59 Å². The molecule has 1 aliphatic heterocycles. The molecule has 114 valence electrons. The third-order valence-corrected chi connectivity index (χ3v) is 4.59. The second-order valence-electron chi connectivity index (χ2n) is 5.41. The van der Waals surface area contributed by atoms with Gasteiger partial charge in [-0.15, -0.1) is 11.3 Å². The lowest BCUT2D eigenvalue weighted by Crippen LogP contribution is -2.26. The molecule has 0 bridgehead atoms. The number of aryl methyl sites for hydroxylation is 1. The predicted octanol–water partition coefficient (Wildman–Crippen LogP) is 1.56.